The van der Waals surface area contributed by atoms with Crippen LogP contribution in [0.15, 0.2) is 18.2 Å². The zero-order valence-electron chi connectivity index (χ0n) is 13.2. The summed E-state index contributed by atoms with van der Waals surface area (Å²) in [5.74, 6) is 1.71. The lowest BCUT2D eigenvalue weighted by molar-refractivity contribution is 0.200. The maximum absolute atomic E-state index is 6.12. The van der Waals surface area contributed by atoms with E-state index in [4.69, 9.17) is 9.47 Å². The zero-order valence-corrected chi connectivity index (χ0v) is 13.2. The first-order chi connectivity index (χ1) is 9.48. The largest absolute Gasteiger partial charge is 0.493 e. The molecule has 1 fully saturated rings. The topological polar surface area (TPSA) is 30.5 Å². The van der Waals surface area contributed by atoms with Crippen LogP contribution < -0.4 is 14.8 Å². The van der Waals surface area contributed by atoms with E-state index in [1.165, 1.54) is 18.4 Å². The molecule has 0 spiro atoms. The van der Waals surface area contributed by atoms with Crippen LogP contribution in [0.1, 0.15) is 52.0 Å². The fourth-order valence-electron chi connectivity index (χ4n) is 2.48. The van der Waals surface area contributed by atoms with Crippen molar-refractivity contribution in [3.8, 4) is 11.5 Å². The maximum atomic E-state index is 6.12. The van der Waals surface area contributed by atoms with Gasteiger partial charge in [-0.2, -0.15) is 0 Å². The summed E-state index contributed by atoms with van der Waals surface area (Å²) in [6.07, 6.45) is 5.23. The molecular formula is C17H27NO2. The summed E-state index contributed by atoms with van der Waals surface area (Å²) in [7, 11) is 1.70. The van der Waals surface area contributed by atoms with E-state index in [0.717, 1.165) is 30.9 Å². The number of hydrogen-bond acceptors (Lipinski definition) is 3. The van der Waals surface area contributed by atoms with Crippen LogP contribution in [0.3, 0.4) is 0 Å². The molecule has 1 aromatic carbocycles. The molecule has 1 N–H and O–H groups in total. The lowest BCUT2D eigenvalue weighted by atomic mass is 10.1. The van der Waals surface area contributed by atoms with Gasteiger partial charge in [-0.3, -0.25) is 0 Å². The van der Waals surface area contributed by atoms with Crippen molar-refractivity contribution in [3.63, 3.8) is 0 Å². The molecule has 1 aliphatic rings. The second-order valence-corrected chi connectivity index (χ2v) is 6.61. The van der Waals surface area contributed by atoms with Gasteiger partial charge in [-0.15, -0.1) is 0 Å². The van der Waals surface area contributed by atoms with Crippen molar-refractivity contribution in [1.29, 1.82) is 0 Å². The van der Waals surface area contributed by atoms with E-state index in [-0.39, 0.29) is 5.54 Å². The van der Waals surface area contributed by atoms with Gasteiger partial charge in [0.1, 0.15) is 0 Å². The molecule has 0 amide bonds. The predicted molar refractivity (Wildman–Crippen MR) is 82.5 cm³/mol. The summed E-state index contributed by atoms with van der Waals surface area (Å²) >= 11 is 0. The van der Waals surface area contributed by atoms with Crippen LogP contribution in [0.5, 0.6) is 11.5 Å². The molecule has 0 aromatic heterocycles. The van der Waals surface area contributed by atoms with Crippen LogP contribution in [0.25, 0.3) is 0 Å². The van der Waals surface area contributed by atoms with E-state index >= 15 is 0 Å². The molecule has 20 heavy (non-hydrogen) atoms. The minimum atomic E-state index is 0.117. The van der Waals surface area contributed by atoms with Gasteiger partial charge in [0.15, 0.2) is 11.5 Å². The van der Waals surface area contributed by atoms with Crippen LogP contribution in [0.2, 0.25) is 0 Å². The van der Waals surface area contributed by atoms with Crippen molar-refractivity contribution in [2.75, 3.05) is 7.11 Å². The van der Waals surface area contributed by atoms with Crippen molar-refractivity contribution in [2.24, 2.45) is 0 Å². The third-order valence-corrected chi connectivity index (χ3v) is 3.65. The fourth-order valence-corrected chi connectivity index (χ4v) is 2.48. The number of methoxy groups -OCH3 is 1. The summed E-state index contributed by atoms with van der Waals surface area (Å²) in [5.41, 5.74) is 1.35. The van der Waals surface area contributed by atoms with Gasteiger partial charge in [-0.1, -0.05) is 6.07 Å². The highest BCUT2D eigenvalue weighted by Gasteiger charge is 2.18. The Labute approximate surface area is 122 Å². The lowest BCUT2D eigenvalue weighted by Gasteiger charge is -2.21. The second-order valence-electron chi connectivity index (χ2n) is 6.61. The molecule has 0 aliphatic heterocycles. The van der Waals surface area contributed by atoms with Crippen LogP contribution in [0.4, 0.5) is 0 Å². The molecule has 0 radical (unpaired) electrons. The molecule has 0 unspecified atom stereocenters. The summed E-state index contributed by atoms with van der Waals surface area (Å²) in [5, 5.41) is 3.50. The second kappa shape index (κ2) is 6.49. The van der Waals surface area contributed by atoms with Crippen LogP contribution in [-0.4, -0.2) is 18.8 Å². The summed E-state index contributed by atoms with van der Waals surface area (Å²) in [6, 6.07) is 6.21. The van der Waals surface area contributed by atoms with E-state index in [0.29, 0.717) is 6.10 Å². The Morgan fingerprint density at radius 2 is 1.85 bits per heavy atom. The summed E-state index contributed by atoms with van der Waals surface area (Å²) in [4.78, 5) is 0. The molecule has 0 heterocycles. The van der Waals surface area contributed by atoms with Gasteiger partial charge >= 0.3 is 0 Å². The molecular weight excluding hydrogens is 250 g/mol. The molecule has 0 saturated heterocycles. The van der Waals surface area contributed by atoms with E-state index in [2.05, 4.69) is 38.2 Å². The monoisotopic (exact) mass is 277 g/mol. The molecule has 3 nitrogen and oxygen atoms in total. The summed E-state index contributed by atoms with van der Waals surface area (Å²) < 4.78 is 11.5. The lowest BCUT2D eigenvalue weighted by Crippen LogP contribution is -2.35. The molecule has 0 atom stereocenters. The molecule has 1 saturated carbocycles. The predicted octanol–water partition coefficient (Wildman–Crippen LogP) is 3.90. The number of benzene rings is 1. The standard InChI is InChI=1S/C17H27NO2/c1-17(2,3)18-12-13-9-10-15(19-4)16(11-13)20-14-7-5-6-8-14/h9-11,14,18H,5-8,12H2,1-4H3. The molecule has 0 bridgehead atoms. The number of hydrogen-bond donors (Lipinski definition) is 1. The van der Waals surface area contributed by atoms with Crippen LogP contribution in [-0.2, 0) is 6.54 Å². The minimum absolute atomic E-state index is 0.117. The van der Waals surface area contributed by atoms with Gasteiger partial charge in [0.25, 0.3) is 0 Å². The molecule has 1 aliphatic carbocycles. The SMILES string of the molecule is COc1ccc(CNC(C)(C)C)cc1OC1CCCC1. The Balaban J connectivity index is 2.07. The first-order valence-electron chi connectivity index (χ1n) is 7.56. The fraction of sp³-hybridized carbons (Fsp3) is 0.647. The Hall–Kier alpha value is -1.22. The van der Waals surface area contributed by atoms with Gasteiger partial charge < -0.3 is 14.8 Å². The smallest absolute Gasteiger partial charge is 0.161 e. The van der Waals surface area contributed by atoms with Gasteiger partial charge in [-0.05, 0) is 64.2 Å². The molecule has 3 heteroatoms. The quantitative estimate of drug-likeness (QED) is 0.885. The van der Waals surface area contributed by atoms with Gasteiger partial charge in [0.2, 0.25) is 0 Å². The number of rotatable bonds is 5. The van der Waals surface area contributed by atoms with E-state index in [9.17, 15) is 0 Å². The highest BCUT2D eigenvalue weighted by molar-refractivity contribution is 5.43. The average Bonchev–Trinajstić information content (AvgIpc) is 2.89. The van der Waals surface area contributed by atoms with E-state index in [1.807, 2.05) is 6.07 Å². The average molecular weight is 277 g/mol. The third kappa shape index (κ3) is 4.41. The number of ether oxygens (including phenoxy) is 2. The Morgan fingerprint density at radius 3 is 2.45 bits per heavy atom. The van der Waals surface area contributed by atoms with Crippen molar-refractivity contribution < 1.29 is 9.47 Å². The van der Waals surface area contributed by atoms with Gasteiger partial charge in [-0.25, -0.2) is 0 Å². The van der Waals surface area contributed by atoms with Crippen molar-refractivity contribution in [2.45, 2.75) is 64.6 Å². The maximum Gasteiger partial charge on any atom is 0.161 e. The van der Waals surface area contributed by atoms with Crippen molar-refractivity contribution in [3.05, 3.63) is 23.8 Å². The Bertz CT molecular complexity index is 431. The van der Waals surface area contributed by atoms with E-state index < -0.39 is 0 Å². The zero-order chi connectivity index (χ0) is 14.6. The van der Waals surface area contributed by atoms with Gasteiger partial charge in [0, 0.05) is 12.1 Å². The highest BCUT2D eigenvalue weighted by Crippen LogP contribution is 2.32. The summed E-state index contributed by atoms with van der Waals surface area (Å²) in [6.45, 7) is 7.36. The minimum Gasteiger partial charge on any atom is -0.493 e. The Morgan fingerprint density at radius 1 is 1.15 bits per heavy atom. The molecule has 2 rings (SSSR count). The first kappa shape index (κ1) is 15.2. The van der Waals surface area contributed by atoms with Gasteiger partial charge in [0.05, 0.1) is 13.2 Å². The molecule has 1 aromatic rings. The van der Waals surface area contributed by atoms with E-state index in [1.54, 1.807) is 7.11 Å². The number of nitrogens with one attached hydrogen (secondary N) is 1. The third-order valence-electron chi connectivity index (χ3n) is 3.65. The van der Waals surface area contributed by atoms with Crippen LogP contribution in [0, 0.1) is 0 Å². The highest BCUT2D eigenvalue weighted by atomic mass is 16.5. The Kier molecular flexibility index (Phi) is 4.92. The first-order valence-corrected chi connectivity index (χ1v) is 7.56. The van der Waals surface area contributed by atoms with Crippen LogP contribution >= 0.6 is 0 Å². The van der Waals surface area contributed by atoms with Crippen molar-refractivity contribution >= 4 is 0 Å². The molecule has 112 valence electrons. The normalized spacial score (nSPS) is 16.4. The van der Waals surface area contributed by atoms with Crippen molar-refractivity contribution in [1.82, 2.24) is 5.32 Å².